The second-order valence-corrected chi connectivity index (χ2v) is 7.10. The van der Waals surface area contributed by atoms with Gasteiger partial charge in [-0.15, -0.1) is 0 Å². The fraction of sp³-hybridized carbons (Fsp3) is 0.263. The molecule has 0 amide bonds. The van der Waals surface area contributed by atoms with Crippen LogP contribution in [0.5, 0.6) is 0 Å². The Bertz CT molecular complexity index is 969. The molecule has 0 atom stereocenters. The van der Waals surface area contributed by atoms with Gasteiger partial charge in [-0.05, 0) is 55.5 Å². The SMILES string of the molecule is Cc1ccnc(-c2cccnc2)c1CSc1nc2c(c(=O)[nH]1)CCC2. The summed E-state index contributed by atoms with van der Waals surface area (Å²) in [5, 5.41) is 0.686. The molecule has 0 fully saturated rings. The summed E-state index contributed by atoms with van der Waals surface area (Å²) in [5.74, 6) is 0.700. The van der Waals surface area contributed by atoms with Crippen molar-refractivity contribution in [3.8, 4) is 11.3 Å². The van der Waals surface area contributed by atoms with Crippen LogP contribution in [0, 0.1) is 6.92 Å². The number of nitrogens with one attached hydrogen (secondary N) is 1. The number of aromatic nitrogens is 4. The van der Waals surface area contributed by atoms with Crippen molar-refractivity contribution >= 4 is 11.8 Å². The molecule has 3 aromatic heterocycles. The Balaban J connectivity index is 1.64. The van der Waals surface area contributed by atoms with Crippen LogP contribution in [-0.2, 0) is 18.6 Å². The Morgan fingerprint density at radius 3 is 3.00 bits per heavy atom. The summed E-state index contributed by atoms with van der Waals surface area (Å²) in [4.78, 5) is 28.5. The van der Waals surface area contributed by atoms with Gasteiger partial charge in [0.15, 0.2) is 5.16 Å². The third-order valence-electron chi connectivity index (χ3n) is 4.50. The molecule has 0 spiro atoms. The van der Waals surface area contributed by atoms with Crippen molar-refractivity contribution in [2.45, 2.75) is 37.1 Å². The van der Waals surface area contributed by atoms with Crippen molar-refractivity contribution in [1.82, 2.24) is 19.9 Å². The number of fused-ring (bicyclic) bond motifs is 1. The summed E-state index contributed by atoms with van der Waals surface area (Å²) >= 11 is 1.55. The lowest BCUT2D eigenvalue weighted by Gasteiger charge is -2.11. The smallest absolute Gasteiger partial charge is 0.254 e. The molecular formula is C19H18N4OS. The van der Waals surface area contributed by atoms with E-state index in [0.29, 0.717) is 10.9 Å². The third kappa shape index (κ3) is 3.22. The largest absolute Gasteiger partial charge is 0.301 e. The van der Waals surface area contributed by atoms with Crippen molar-refractivity contribution in [3.63, 3.8) is 0 Å². The van der Waals surface area contributed by atoms with Gasteiger partial charge in [0.25, 0.3) is 5.56 Å². The Kier molecular flexibility index (Phi) is 4.36. The molecule has 4 rings (SSSR count). The highest BCUT2D eigenvalue weighted by Crippen LogP contribution is 2.29. The van der Waals surface area contributed by atoms with E-state index in [9.17, 15) is 4.79 Å². The van der Waals surface area contributed by atoms with Gasteiger partial charge >= 0.3 is 0 Å². The first-order valence-corrected chi connectivity index (χ1v) is 9.30. The van der Waals surface area contributed by atoms with Crippen molar-refractivity contribution in [3.05, 3.63) is 69.5 Å². The van der Waals surface area contributed by atoms with Crippen molar-refractivity contribution in [2.24, 2.45) is 0 Å². The van der Waals surface area contributed by atoms with Gasteiger partial charge in [-0.2, -0.15) is 0 Å². The first-order valence-electron chi connectivity index (χ1n) is 8.32. The quantitative estimate of drug-likeness (QED) is 0.577. The number of nitrogens with zero attached hydrogens (tertiary/aromatic N) is 3. The van der Waals surface area contributed by atoms with Crippen LogP contribution in [0.15, 0.2) is 46.7 Å². The van der Waals surface area contributed by atoms with E-state index in [1.54, 1.807) is 18.0 Å². The van der Waals surface area contributed by atoms with Crippen LogP contribution in [0.25, 0.3) is 11.3 Å². The van der Waals surface area contributed by atoms with Gasteiger partial charge < -0.3 is 4.98 Å². The molecule has 6 heteroatoms. The molecule has 25 heavy (non-hydrogen) atoms. The van der Waals surface area contributed by atoms with Gasteiger partial charge in [-0.25, -0.2) is 4.98 Å². The first kappa shape index (κ1) is 16.0. The summed E-state index contributed by atoms with van der Waals surface area (Å²) < 4.78 is 0. The number of aryl methyl sites for hydroxylation is 2. The van der Waals surface area contributed by atoms with Gasteiger partial charge in [-0.3, -0.25) is 14.8 Å². The molecule has 1 aliphatic carbocycles. The summed E-state index contributed by atoms with van der Waals surface area (Å²) in [5.41, 5.74) is 6.08. The molecule has 1 N–H and O–H groups in total. The zero-order valence-corrected chi connectivity index (χ0v) is 14.8. The fourth-order valence-electron chi connectivity index (χ4n) is 3.15. The zero-order valence-electron chi connectivity index (χ0n) is 14.0. The van der Waals surface area contributed by atoms with E-state index in [0.717, 1.165) is 47.3 Å². The number of hydrogen-bond donors (Lipinski definition) is 1. The van der Waals surface area contributed by atoms with Crippen LogP contribution in [-0.4, -0.2) is 19.9 Å². The third-order valence-corrected chi connectivity index (χ3v) is 5.40. The highest BCUT2D eigenvalue weighted by Gasteiger charge is 2.18. The molecule has 0 radical (unpaired) electrons. The normalized spacial score (nSPS) is 13.0. The van der Waals surface area contributed by atoms with Gasteiger partial charge in [0, 0.05) is 35.5 Å². The van der Waals surface area contributed by atoms with Crippen molar-refractivity contribution < 1.29 is 0 Å². The number of aromatic amines is 1. The Morgan fingerprint density at radius 2 is 2.16 bits per heavy atom. The molecule has 0 unspecified atom stereocenters. The number of H-pyrrole nitrogens is 1. The standard InChI is InChI=1S/C19H18N4OS/c1-12-7-9-21-17(13-4-3-8-20-10-13)15(12)11-25-19-22-16-6-2-5-14(16)18(24)23-19/h3-4,7-10H,2,5-6,11H2,1H3,(H,22,23,24). The van der Waals surface area contributed by atoms with E-state index in [-0.39, 0.29) is 5.56 Å². The van der Waals surface area contributed by atoms with E-state index < -0.39 is 0 Å². The van der Waals surface area contributed by atoms with E-state index in [1.165, 1.54) is 5.56 Å². The molecule has 0 saturated heterocycles. The van der Waals surface area contributed by atoms with Crippen molar-refractivity contribution in [1.29, 1.82) is 0 Å². The Morgan fingerprint density at radius 1 is 1.24 bits per heavy atom. The topological polar surface area (TPSA) is 71.5 Å². The average molecular weight is 350 g/mol. The minimum Gasteiger partial charge on any atom is -0.301 e. The molecule has 5 nitrogen and oxygen atoms in total. The van der Waals surface area contributed by atoms with Gasteiger partial charge in [0.05, 0.1) is 11.4 Å². The summed E-state index contributed by atoms with van der Waals surface area (Å²) in [6.45, 7) is 2.08. The maximum absolute atomic E-state index is 12.2. The van der Waals surface area contributed by atoms with E-state index >= 15 is 0 Å². The number of pyridine rings is 2. The van der Waals surface area contributed by atoms with E-state index in [2.05, 4.69) is 26.9 Å². The lowest BCUT2D eigenvalue weighted by Crippen LogP contribution is -2.15. The molecule has 3 aromatic rings. The van der Waals surface area contributed by atoms with Crippen LogP contribution < -0.4 is 5.56 Å². The fourth-order valence-corrected chi connectivity index (χ4v) is 4.14. The maximum Gasteiger partial charge on any atom is 0.254 e. The summed E-state index contributed by atoms with van der Waals surface area (Å²) in [6.07, 6.45) is 8.17. The van der Waals surface area contributed by atoms with Crippen molar-refractivity contribution in [2.75, 3.05) is 0 Å². The monoisotopic (exact) mass is 350 g/mol. The number of rotatable bonds is 4. The Labute approximate surface area is 150 Å². The zero-order chi connectivity index (χ0) is 17.2. The summed E-state index contributed by atoms with van der Waals surface area (Å²) in [6, 6.07) is 5.93. The molecule has 0 aromatic carbocycles. The van der Waals surface area contributed by atoms with Crippen LogP contribution >= 0.6 is 11.8 Å². The number of thioether (sulfide) groups is 1. The van der Waals surface area contributed by atoms with E-state index in [1.807, 2.05) is 30.6 Å². The second kappa shape index (κ2) is 6.80. The average Bonchev–Trinajstić information content (AvgIpc) is 3.10. The molecule has 126 valence electrons. The molecule has 0 aliphatic heterocycles. The molecule has 1 aliphatic rings. The molecule has 0 saturated carbocycles. The lowest BCUT2D eigenvalue weighted by molar-refractivity contribution is 0.869. The number of hydrogen-bond acceptors (Lipinski definition) is 5. The molecule has 0 bridgehead atoms. The van der Waals surface area contributed by atoms with Crippen LogP contribution in [0.2, 0.25) is 0 Å². The predicted molar refractivity (Wildman–Crippen MR) is 98.6 cm³/mol. The van der Waals surface area contributed by atoms with Crippen LogP contribution in [0.4, 0.5) is 0 Å². The lowest BCUT2D eigenvalue weighted by atomic mass is 10.0. The first-order chi connectivity index (χ1) is 12.2. The minimum absolute atomic E-state index is 0.0143. The Hall–Kier alpha value is -2.47. The van der Waals surface area contributed by atoms with E-state index in [4.69, 9.17) is 0 Å². The highest BCUT2D eigenvalue weighted by molar-refractivity contribution is 7.98. The highest BCUT2D eigenvalue weighted by atomic mass is 32.2. The predicted octanol–water partition coefficient (Wildman–Crippen LogP) is 3.32. The van der Waals surface area contributed by atoms with Gasteiger partial charge in [-0.1, -0.05) is 11.8 Å². The second-order valence-electron chi connectivity index (χ2n) is 6.14. The summed E-state index contributed by atoms with van der Waals surface area (Å²) in [7, 11) is 0. The van der Waals surface area contributed by atoms with Crippen LogP contribution in [0.1, 0.15) is 28.8 Å². The minimum atomic E-state index is 0.0143. The van der Waals surface area contributed by atoms with Gasteiger partial charge in [0.1, 0.15) is 0 Å². The van der Waals surface area contributed by atoms with Crippen LogP contribution in [0.3, 0.4) is 0 Å². The van der Waals surface area contributed by atoms with Gasteiger partial charge in [0.2, 0.25) is 0 Å². The molecular weight excluding hydrogens is 332 g/mol. The molecule has 3 heterocycles. The maximum atomic E-state index is 12.2.